The Kier molecular flexibility index (Phi) is 4.50. The SMILES string of the molecule is COc1cc([C@H]2c3cc4c(cc3C=C[C@@H]2C(=O)O)OCO4)cc(OC)c1OC. The predicted octanol–water partition coefficient (Wildman–Crippen LogP) is 3.30. The van der Waals surface area contributed by atoms with E-state index in [0.717, 1.165) is 16.7 Å². The third-order valence-corrected chi connectivity index (χ3v) is 5.09. The van der Waals surface area contributed by atoms with Gasteiger partial charge in [-0.15, -0.1) is 0 Å². The number of carboxylic acid groups (broad SMARTS) is 1. The number of carbonyl (C=O) groups is 1. The van der Waals surface area contributed by atoms with Crippen molar-refractivity contribution in [2.24, 2.45) is 5.92 Å². The molecule has 2 aromatic rings. The highest BCUT2D eigenvalue weighted by molar-refractivity contribution is 5.80. The third kappa shape index (κ3) is 2.79. The van der Waals surface area contributed by atoms with Crippen molar-refractivity contribution < 1.29 is 33.6 Å². The molecular formula is C21H20O7. The molecule has 28 heavy (non-hydrogen) atoms. The Morgan fingerprint density at radius 3 is 2.21 bits per heavy atom. The van der Waals surface area contributed by atoms with Crippen LogP contribution in [0.4, 0.5) is 0 Å². The summed E-state index contributed by atoms with van der Waals surface area (Å²) in [6, 6.07) is 7.30. The van der Waals surface area contributed by atoms with Gasteiger partial charge in [-0.25, -0.2) is 0 Å². The topological polar surface area (TPSA) is 83.5 Å². The molecule has 1 heterocycles. The van der Waals surface area contributed by atoms with Crippen LogP contribution >= 0.6 is 0 Å². The highest BCUT2D eigenvalue weighted by Crippen LogP contribution is 2.48. The van der Waals surface area contributed by atoms with Gasteiger partial charge in [-0.1, -0.05) is 12.2 Å². The van der Waals surface area contributed by atoms with E-state index < -0.39 is 17.8 Å². The van der Waals surface area contributed by atoms with E-state index >= 15 is 0 Å². The molecular weight excluding hydrogens is 364 g/mol. The van der Waals surface area contributed by atoms with Crippen molar-refractivity contribution in [2.75, 3.05) is 28.1 Å². The summed E-state index contributed by atoms with van der Waals surface area (Å²) in [6.45, 7) is 0.152. The number of fused-ring (bicyclic) bond motifs is 2. The van der Waals surface area contributed by atoms with Crippen LogP contribution in [0.3, 0.4) is 0 Å². The van der Waals surface area contributed by atoms with Gasteiger partial charge in [0.1, 0.15) is 0 Å². The number of hydrogen-bond donors (Lipinski definition) is 1. The quantitative estimate of drug-likeness (QED) is 0.847. The Hall–Kier alpha value is -3.35. The van der Waals surface area contributed by atoms with E-state index in [2.05, 4.69) is 0 Å². The molecule has 0 radical (unpaired) electrons. The molecule has 1 N–H and O–H groups in total. The molecule has 1 aliphatic heterocycles. The van der Waals surface area contributed by atoms with Crippen LogP contribution in [-0.2, 0) is 4.79 Å². The summed E-state index contributed by atoms with van der Waals surface area (Å²) in [5.41, 5.74) is 2.47. The molecule has 2 aliphatic rings. The third-order valence-electron chi connectivity index (χ3n) is 5.09. The molecule has 7 nitrogen and oxygen atoms in total. The number of carboxylic acids is 1. The molecule has 0 amide bonds. The summed E-state index contributed by atoms with van der Waals surface area (Å²) in [6.07, 6.45) is 3.51. The summed E-state index contributed by atoms with van der Waals surface area (Å²) in [5.74, 6) is 0.528. The first-order valence-electron chi connectivity index (χ1n) is 8.71. The van der Waals surface area contributed by atoms with Crippen molar-refractivity contribution in [3.8, 4) is 28.7 Å². The van der Waals surface area contributed by atoms with Crippen LogP contribution < -0.4 is 23.7 Å². The van der Waals surface area contributed by atoms with Crippen LogP contribution in [0.1, 0.15) is 22.6 Å². The zero-order valence-corrected chi connectivity index (χ0v) is 15.7. The number of ether oxygens (including phenoxy) is 5. The van der Waals surface area contributed by atoms with E-state index in [-0.39, 0.29) is 6.79 Å². The van der Waals surface area contributed by atoms with E-state index in [4.69, 9.17) is 23.7 Å². The van der Waals surface area contributed by atoms with Gasteiger partial charge in [0.25, 0.3) is 0 Å². The van der Waals surface area contributed by atoms with Gasteiger partial charge in [-0.3, -0.25) is 4.79 Å². The number of methoxy groups -OCH3 is 3. The molecule has 4 rings (SSSR count). The minimum Gasteiger partial charge on any atom is -0.493 e. The maximum atomic E-state index is 12.0. The molecule has 0 aromatic heterocycles. The Labute approximate surface area is 162 Å². The largest absolute Gasteiger partial charge is 0.493 e. The number of hydrogen-bond acceptors (Lipinski definition) is 6. The van der Waals surface area contributed by atoms with E-state index in [1.165, 1.54) is 21.3 Å². The van der Waals surface area contributed by atoms with Crippen molar-refractivity contribution in [1.29, 1.82) is 0 Å². The minimum absolute atomic E-state index is 0.152. The first kappa shape index (κ1) is 18.0. The molecule has 0 bridgehead atoms. The van der Waals surface area contributed by atoms with Gasteiger partial charge < -0.3 is 28.8 Å². The Bertz CT molecular complexity index is 938. The lowest BCUT2D eigenvalue weighted by Gasteiger charge is -2.29. The van der Waals surface area contributed by atoms with E-state index in [9.17, 15) is 9.90 Å². The minimum atomic E-state index is -0.918. The van der Waals surface area contributed by atoms with Crippen LogP contribution in [0.15, 0.2) is 30.3 Å². The fourth-order valence-corrected chi connectivity index (χ4v) is 3.79. The van der Waals surface area contributed by atoms with Gasteiger partial charge in [0.05, 0.1) is 27.2 Å². The highest BCUT2D eigenvalue weighted by Gasteiger charge is 2.35. The number of aliphatic carboxylic acids is 1. The molecule has 2 atom stereocenters. The molecule has 146 valence electrons. The molecule has 0 unspecified atom stereocenters. The smallest absolute Gasteiger partial charge is 0.311 e. The zero-order valence-electron chi connectivity index (χ0n) is 15.7. The monoisotopic (exact) mass is 384 g/mol. The molecule has 7 heteroatoms. The van der Waals surface area contributed by atoms with Crippen molar-refractivity contribution >= 4 is 12.0 Å². The second-order valence-corrected chi connectivity index (χ2v) is 6.49. The van der Waals surface area contributed by atoms with Gasteiger partial charge in [0.2, 0.25) is 12.5 Å². The molecule has 0 saturated carbocycles. The molecule has 0 spiro atoms. The lowest BCUT2D eigenvalue weighted by Crippen LogP contribution is -2.24. The van der Waals surface area contributed by atoms with Crippen LogP contribution in [0.2, 0.25) is 0 Å². The van der Waals surface area contributed by atoms with E-state index in [1.54, 1.807) is 18.2 Å². The van der Waals surface area contributed by atoms with E-state index in [0.29, 0.717) is 28.7 Å². The average molecular weight is 384 g/mol. The fourth-order valence-electron chi connectivity index (χ4n) is 3.79. The Morgan fingerprint density at radius 1 is 1.00 bits per heavy atom. The van der Waals surface area contributed by atoms with Crippen LogP contribution in [0.25, 0.3) is 6.08 Å². The summed E-state index contributed by atoms with van der Waals surface area (Å²) >= 11 is 0. The van der Waals surface area contributed by atoms with Crippen molar-refractivity contribution in [3.05, 3.63) is 47.0 Å². The fraction of sp³-hybridized carbons (Fsp3) is 0.286. The second-order valence-electron chi connectivity index (χ2n) is 6.49. The van der Waals surface area contributed by atoms with Gasteiger partial charge in [0, 0.05) is 5.92 Å². The van der Waals surface area contributed by atoms with Crippen LogP contribution in [0.5, 0.6) is 28.7 Å². The second kappa shape index (κ2) is 6.99. The Balaban J connectivity index is 1.92. The maximum absolute atomic E-state index is 12.0. The lowest BCUT2D eigenvalue weighted by molar-refractivity contribution is -0.140. The van der Waals surface area contributed by atoms with Crippen molar-refractivity contribution in [3.63, 3.8) is 0 Å². The van der Waals surface area contributed by atoms with Crippen LogP contribution in [-0.4, -0.2) is 39.2 Å². The Morgan fingerprint density at radius 2 is 1.64 bits per heavy atom. The maximum Gasteiger partial charge on any atom is 0.311 e. The van der Waals surface area contributed by atoms with Gasteiger partial charge in [-0.05, 0) is 41.0 Å². The highest BCUT2D eigenvalue weighted by atomic mass is 16.7. The molecule has 0 saturated heterocycles. The first-order valence-corrected chi connectivity index (χ1v) is 8.71. The van der Waals surface area contributed by atoms with E-state index in [1.807, 2.05) is 18.2 Å². The van der Waals surface area contributed by atoms with Gasteiger partial charge in [0.15, 0.2) is 23.0 Å². The van der Waals surface area contributed by atoms with Gasteiger partial charge >= 0.3 is 5.97 Å². The summed E-state index contributed by atoms with van der Waals surface area (Å²) in [5, 5.41) is 9.85. The number of benzene rings is 2. The van der Waals surface area contributed by atoms with Crippen molar-refractivity contribution in [2.45, 2.75) is 5.92 Å². The molecule has 2 aromatic carbocycles. The summed E-state index contributed by atoms with van der Waals surface area (Å²) < 4.78 is 27.3. The molecule has 0 fully saturated rings. The summed E-state index contributed by atoms with van der Waals surface area (Å²) in [7, 11) is 4.59. The lowest BCUT2D eigenvalue weighted by atomic mass is 9.75. The van der Waals surface area contributed by atoms with Crippen molar-refractivity contribution in [1.82, 2.24) is 0 Å². The summed E-state index contributed by atoms with van der Waals surface area (Å²) in [4.78, 5) is 12.0. The average Bonchev–Trinajstić information content (AvgIpc) is 3.17. The first-order chi connectivity index (χ1) is 13.6. The number of rotatable bonds is 5. The van der Waals surface area contributed by atoms with Crippen LogP contribution in [0, 0.1) is 5.92 Å². The van der Waals surface area contributed by atoms with Gasteiger partial charge in [-0.2, -0.15) is 0 Å². The predicted molar refractivity (Wildman–Crippen MR) is 101 cm³/mol. The molecule has 1 aliphatic carbocycles. The standard InChI is InChI=1S/C21H20O7/c1-24-17-7-12(8-18(25-2)20(17)26-3)19-13(21(22)23)5-4-11-6-15-16(9-14(11)19)28-10-27-15/h4-9,13,19H,10H2,1-3H3,(H,22,23)/t13-,19+/m0/s1. The normalized spacial score (nSPS) is 19.1. The zero-order chi connectivity index (χ0) is 19.8.